The van der Waals surface area contributed by atoms with E-state index in [0.29, 0.717) is 0 Å². The second-order valence-corrected chi connectivity index (χ2v) is 3.29. The molecule has 1 aromatic heterocycles. The number of hydrogen-bond donors (Lipinski definition) is 2. The summed E-state index contributed by atoms with van der Waals surface area (Å²) in [6.07, 6.45) is 0.747. The molecular weight excluding hydrogens is 190 g/mol. The Hall–Kier alpha value is -0.940. The lowest BCUT2D eigenvalue weighted by Gasteiger charge is -1.90. The van der Waals surface area contributed by atoms with Crippen LogP contribution in [0.2, 0.25) is 0 Å². The van der Waals surface area contributed by atoms with E-state index >= 15 is 0 Å². The van der Waals surface area contributed by atoms with Crippen LogP contribution >= 0.6 is 11.3 Å². The summed E-state index contributed by atoms with van der Waals surface area (Å²) in [6, 6.07) is 0. The van der Waals surface area contributed by atoms with E-state index in [9.17, 15) is 0 Å². The van der Waals surface area contributed by atoms with Gasteiger partial charge in [0.2, 0.25) is 0 Å². The molecule has 0 amide bonds. The van der Waals surface area contributed by atoms with E-state index in [1.165, 1.54) is 4.88 Å². The van der Waals surface area contributed by atoms with Crippen LogP contribution in [0.1, 0.15) is 17.5 Å². The first kappa shape index (κ1) is 12.1. The summed E-state index contributed by atoms with van der Waals surface area (Å²) in [5.41, 5.74) is 2.86. The molecule has 0 saturated heterocycles. The van der Waals surface area contributed by atoms with Crippen molar-refractivity contribution < 1.29 is 15.0 Å². The van der Waals surface area contributed by atoms with Crippen LogP contribution in [0.3, 0.4) is 0 Å². The van der Waals surface area contributed by atoms with Crippen LogP contribution in [0.15, 0.2) is 5.51 Å². The highest BCUT2D eigenvalue weighted by Crippen LogP contribution is 2.11. The second-order valence-electron chi connectivity index (χ2n) is 2.35. The molecule has 5 heteroatoms. The number of carboxylic acids is 1. The van der Waals surface area contributed by atoms with E-state index in [4.69, 9.17) is 15.0 Å². The average molecular weight is 203 g/mol. The molecule has 74 valence electrons. The molecule has 0 saturated carbocycles. The normalized spacial score (nSPS) is 8.85. The molecule has 0 bridgehead atoms. The third-order valence-corrected chi connectivity index (χ3v) is 2.18. The first-order valence-electron chi connectivity index (χ1n) is 3.77. The number of aromatic nitrogens is 1. The molecule has 0 aliphatic carbocycles. The molecular formula is C8H13NO3S. The molecule has 2 N–H and O–H groups in total. The molecule has 13 heavy (non-hydrogen) atoms. The summed E-state index contributed by atoms with van der Waals surface area (Å²) >= 11 is 1.60. The van der Waals surface area contributed by atoms with Crippen molar-refractivity contribution in [1.82, 2.24) is 4.98 Å². The molecule has 0 unspecified atom stereocenters. The average Bonchev–Trinajstić information content (AvgIpc) is 2.36. The minimum Gasteiger partial charge on any atom is -0.481 e. The van der Waals surface area contributed by atoms with Crippen molar-refractivity contribution in [2.24, 2.45) is 0 Å². The maximum Gasteiger partial charge on any atom is 0.300 e. The van der Waals surface area contributed by atoms with Gasteiger partial charge in [0.15, 0.2) is 0 Å². The van der Waals surface area contributed by atoms with Gasteiger partial charge in [-0.15, -0.1) is 11.3 Å². The molecule has 0 atom stereocenters. The Morgan fingerprint density at radius 3 is 2.54 bits per heavy atom. The lowest BCUT2D eigenvalue weighted by atomic mass is 10.3. The van der Waals surface area contributed by atoms with Crippen LogP contribution < -0.4 is 0 Å². The molecule has 4 nitrogen and oxygen atoms in total. The number of rotatable bonds is 2. The summed E-state index contributed by atoms with van der Waals surface area (Å²) in [7, 11) is 0. The fourth-order valence-electron chi connectivity index (χ4n) is 0.668. The van der Waals surface area contributed by atoms with Crippen LogP contribution in [0.5, 0.6) is 0 Å². The zero-order valence-electron chi connectivity index (χ0n) is 7.65. The quantitative estimate of drug-likeness (QED) is 0.754. The second kappa shape index (κ2) is 6.56. The number of thiazole rings is 1. The van der Waals surface area contributed by atoms with Crippen molar-refractivity contribution in [3.8, 4) is 0 Å². The lowest BCUT2D eigenvalue weighted by molar-refractivity contribution is -0.134. The minimum absolute atomic E-state index is 0.225. The van der Waals surface area contributed by atoms with Crippen LogP contribution in [0.25, 0.3) is 0 Å². The maximum atomic E-state index is 9.00. The van der Waals surface area contributed by atoms with Gasteiger partial charge in [-0.3, -0.25) is 4.79 Å². The molecule has 0 aliphatic heterocycles. The molecule has 1 aromatic rings. The Morgan fingerprint density at radius 1 is 1.69 bits per heavy atom. The number of aliphatic hydroxyl groups is 1. The third-order valence-electron chi connectivity index (χ3n) is 1.18. The van der Waals surface area contributed by atoms with E-state index in [1.807, 2.05) is 6.92 Å². The van der Waals surface area contributed by atoms with Gasteiger partial charge in [0.1, 0.15) is 0 Å². The van der Waals surface area contributed by atoms with E-state index in [0.717, 1.165) is 19.0 Å². The van der Waals surface area contributed by atoms with Gasteiger partial charge in [-0.25, -0.2) is 4.98 Å². The smallest absolute Gasteiger partial charge is 0.300 e. The SMILES string of the molecule is CC(=O)O.Cc1ncsc1CCO. The molecule has 1 heterocycles. The van der Waals surface area contributed by atoms with Crippen LogP contribution in [0.4, 0.5) is 0 Å². The van der Waals surface area contributed by atoms with Gasteiger partial charge in [0, 0.05) is 24.8 Å². The van der Waals surface area contributed by atoms with Crippen molar-refractivity contribution >= 4 is 17.3 Å². The van der Waals surface area contributed by atoms with Crippen molar-refractivity contribution in [3.63, 3.8) is 0 Å². The number of carboxylic acid groups (broad SMARTS) is 1. The third kappa shape index (κ3) is 6.24. The van der Waals surface area contributed by atoms with Crippen molar-refractivity contribution in [2.45, 2.75) is 20.3 Å². The molecule has 0 aromatic carbocycles. The minimum atomic E-state index is -0.833. The number of nitrogens with zero attached hydrogens (tertiary/aromatic N) is 1. The van der Waals surface area contributed by atoms with Gasteiger partial charge in [-0.2, -0.15) is 0 Å². The monoisotopic (exact) mass is 203 g/mol. The van der Waals surface area contributed by atoms with Crippen LogP contribution in [-0.4, -0.2) is 27.8 Å². The van der Waals surface area contributed by atoms with Gasteiger partial charge >= 0.3 is 0 Å². The van der Waals surface area contributed by atoms with E-state index in [1.54, 1.807) is 16.8 Å². The van der Waals surface area contributed by atoms with Gasteiger partial charge in [0.25, 0.3) is 5.97 Å². The highest BCUT2D eigenvalue weighted by Gasteiger charge is 1.97. The van der Waals surface area contributed by atoms with Crippen LogP contribution in [0, 0.1) is 6.92 Å². The van der Waals surface area contributed by atoms with E-state index in [-0.39, 0.29) is 6.61 Å². The van der Waals surface area contributed by atoms with Gasteiger partial charge in [0.05, 0.1) is 11.2 Å². The number of hydrogen-bond acceptors (Lipinski definition) is 4. The Bertz CT molecular complexity index is 256. The maximum absolute atomic E-state index is 9.00. The first-order chi connectivity index (χ1) is 6.07. The standard InChI is InChI=1S/C6H9NOS.C2H4O2/c1-5-6(2-3-8)9-4-7-5;1-2(3)4/h4,8H,2-3H2,1H3;1H3,(H,3,4). The zero-order valence-corrected chi connectivity index (χ0v) is 8.47. The number of aliphatic carboxylic acids is 1. The van der Waals surface area contributed by atoms with Crippen LogP contribution in [-0.2, 0) is 11.2 Å². The summed E-state index contributed by atoms with van der Waals surface area (Å²) < 4.78 is 0. The van der Waals surface area contributed by atoms with Gasteiger partial charge in [-0.05, 0) is 6.92 Å². The summed E-state index contributed by atoms with van der Waals surface area (Å²) in [5.74, 6) is -0.833. The zero-order chi connectivity index (χ0) is 10.3. The Morgan fingerprint density at radius 2 is 2.23 bits per heavy atom. The Kier molecular flexibility index (Phi) is 6.09. The van der Waals surface area contributed by atoms with E-state index < -0.39 is 5.97 Å². The Labute approximate surface area is 80.9 Å². The van der Waals surface area contributed by atoms with Crippen molar-refractivity contribution in [2.75, 3.05) is 6.61 Å². The van der Waals surface area contributed by atoms with Crippen molar-refractivity contribution in [3.05, 3.63) is 16.1 Å². The fourth-order valence-corrected chi connectivity index (χ4v) is 1.44. The number of aliphatic hydroxyl groups excluding tert-OH is 1. The predicted octanol–water partition coefficient (Wildman–Crippen LogP) is 1.08. The van der Waals surface area contributed by atoms with E-state index in [2.05, 4.69) is 4.98 Å². The fraction of sp³-hybridized carbons (Fsp3) is 0.500. The van der Waals surface area contributed by atoms with Crippen molar-refractivity contribution in [1.29, 1.82) is 0 Å². The summed E-state index contributed by atoms with van der Waals surface area (Å²) in [6.45, 7) is 3.27. The highest BCUT2D eigenvalue weighted by molar-refractivity contribution is 7.09. The number of carbonyl (C=O) groups is 1. The first-order valence-corrected chi connectivity index (χ1v) is 4.65. The molecule has 0 fully saturated rings. The Balaban J connectivity index is 0.000000310. The summed E-state index contributed by atoms with van der Waals surface area (Å²) in [5, 5.41) is 16.0. The molecule has 1 rings (SSSR count). The number of aryl methyl sites for hydroxylation is 1. The largest absolute Gasteiger partial charge is 0.481 e. The molecule has 0 radical (unpaired) electrons. The topological polar surface area (TPSA) is 70.4 Å². The highest BCUT2D eigenvalue weighted by atomic mass is 32.1. The van der Waals surface area contributed by atoms with Gasteiger partial charge in [-0.1, -0.05) is 0 Å². The van der Waals surface area contributed by atoms with Gasteiger partial charge < -0.3 is 10.2 Å². The summed E-state index contributed by atoms with van der Waals surface area (Å²) in [4.78, 5) is 14.2. The predicted molar refractivity (Wildman–Crippen MR) is 51.0 cm³/mol. The lowest BCUT2D eigenvalue weighted by Crippen LogP contribution is -1.88. The molecule has 0 aliphatic rings. The molecule has 0 spiro atoms.